The van der Waals surface area contributed by atoms with Crippen LogP contribution in [-0.2, 0) is 4.79 Å². The summed E-state index contributed by atoms with van der Waals surface area (Å²) in [7, 11) is 0. The second kappa shape index (κ2) is 9.21. The minimum atomic E-state index is -0.174. The predicted octanol–water partition coefficient (Wildman–Crippen LogP) is 5.96. The number of aromatic nitrogens is 2. The molecule has 1 aliphatic rings. The van der Waals surface area contributed by atoms with E-state index in [2.05, 4.69) is 20.4 Å². The Labute approximate surface area is 190 Å². The topological polar surface area (TPSA) is 58.1 Å². The highest BCUT2D eigenvalue weighted by Gasteiger charge is 2.27. The third kappa shape index (κ3) is 4.86. The van der Waals surface area contributed by atoms with Gasteiger partial charge in [0.05, 0.1) is 22.3 Å². The second-order valence-electron chi connectivity index (χ2n) is 7.18. The molecule has 30 heavy (non-hydrogen) atoms. The van der Waals surface area contributed by atoms with Crippen molar-refractivity contribution in [3.63, 3.8) is 0 Å². The van der Waals surface area contributed by atoms with Crippen molar-refractivity contribution < 1.29 is 4.79 Å². The number of hydrogen-bond donors (Lipinski definition) is 1. The zero-order chi connectivity index (χ0) is 21.1. The molecule has 4 rings (SSSR count). The molecule has 1 unspecified atom stereocenters. The molecule has 2 aromatic carbocycles. The van der Waals surface area contributed by atoms with Crippen molar-refractivity contribution in [2.75, 3.05) is 23.3 Å². The monoisotopic (exact) mass is 460 g/mol. The van der Waals surface area contributed by atoms with Crippen LogP contribution in [0.1, 0.15) is 12.8 Å². The molecule has 1 fully saturated rings. The van der Waals surface area contributed by atoms with Gasteiger partial charge >= 0.3 is 0 Å². The molecule has 1 aromatic heterocycles. The number of carbonyl (C=O) groups excluding carboxylic acids is 1. The fraction of sp³-hybridized carbons (Fsp3) is 0.227. The van der Waals surface area contributed by atoms with Crippen molar-refractivity contribution >= 4 is 52.2 Å². The van der Waals surface area contributed by atoms with Gasteiger partial charge in [0.1, 0.15) is 0 Å². The maximum absolute atomic E-state index is 12.8. The van der Waals surface area contributed by atoms with E-state index in [0.29, 0.717) is 27.3 Å². The number of halogens is 3. The highest BCUT2D eigenvalue weighted by Crippen LogP contribution is 2.28. The minimum Gasteiger partial charge on any atom is -0.354 e. The molecule has 1 atom stereocenters. The van der Waals surface area contributed by atoms with Crippen LogP contribution in [0.2, 0.25) is 15.1 Å². The van der Waals surface area contributed by atoms with Crippen molar-refractivity contribution in [3.8, 4) is 11.3 Å². The molecule has 154 valence electrons. The Morgan fingerprint density at radius 1 is 0.967 bits per heavy atom. The van der Waals surface area contributed by atoms with Gasteiger partial charge in [0.25, 0.3) is 0 Å². The molecule has 1 N–H and O–H groups in total. The first kappa shape index (κ1) is 20.9. The van der Waals surface area contributed by atoms with Crippen molar-refractivity contribution in [2.24, 2.45) is 5.92 Å². The molecule has 2 heterocycles. The Morgan fingerprint density at radius 2 is 1.73 bits per heavy atom. The summed E-state index contributed by atoms with van der Waals surface area (Å²) in [5.41, 5.74) is 2.25. The Bertz CT molecular complexity index is 1040. The fourth-order valence-electron chi connectivity index (χ4n) is 3.50. The molecular formula is C22H19Cl3N4O. The molecule has 8 heteroatoms. The summed E-state index contributed by atoms with van der Waals surface area (Å²) in [4.78, 5) is 14.9. The van der Waals surface area contributed by atoms with E-state index in [-0.39, 0.29) is 11.8 Å². The van der Waals surface area contributed by atoms with E-state index >= 15 is 0 Å². The summed E-state index contributed by atoms with van der Waals surface area (Å²) >= 11 is 18.1. The number of amides is 1. The van der Waals surface area contributed by atoms with Crippen LogP contribution < -0.4 is 10.2 Å². The standard InChI is InChI=1S/C22H19Cl3N4O/c23-16-5-3-14(4-6-16)19-9-10-21(28-27-19)29-11-1-2-15(13-29)22(30)26-20-12-17(24)7-8-18(20)25/h3-10,12,15H,1-2,11,13H2,(H,26,30). The molecule has 0 saturated carbocycles. The number of carbonyl (C=O) groups is 1. The Hall–Kier alpha value is -2.34. The highest BCUT2D eigenvalue weighted by molar-refractivity contribution is 6.35. The molecule has 0 radical (unpaired) electrons. The summed E-state index contributed by atoms with van der Waals surface area (Å²) in [6, 6.07) is 16.4. The lowest BCUT2D eigenvalue weighted by Gasteiger charge is -2.32. The number of hydrogen-bond acceptors (Lipinski definition) is 4. The Morgan fingerprint density at radius 3 is 2.47 bits per heavy atom. The van der Waals surface area contributed by atoms with E-state index in [9.17, 15) is 4.79 Å². The Balaban J connectivity index is 1.43. The van der Waals surface area contributed by atoms with Crippen molar-refractivity contribution in [2.45, 2.75) is 12.8 Å². The maximum Gasteiger partial charge on any atom is 0.229 e. The van der Waals surface area contributed by atoms with Crippen LogP contribution in [0.25, 0.3) is 11.3 Å². The van der Waals surface area contributed by atoms with Gasteiger partial charge in [-0.3, -0.25) is 4.79 Å². The number of anilines is 2. The van der Waals surface area contributed by atoms with E-state index in [1.807, 2.05) is 36.4 Å². The molecule has 5 nitrogen and oxygen atoms in total. The lowest BCUT2D eigenvalue weighted by molar-refractivity contribution is -0.120. The molecule has 0 spiro atoms. The van der Waals surface area contributed by atoms with E-state index in [1.165, 1.54) is 0 Å². The number of piperidine rings is 1. The quantitative estimate of drug-likeness (QED) is 0.521. The second-order valence-corrected chi connectivity index (χ2v) is 8.46. The lowest BCUT2D eigenvalue weighted by Crippen LogP contribution is -2.41. The van der Waals surface area contributed by atoms with Crippen LogP contribution in [0, 0.1) is 5.92 Å². The van der Waals surface area contributed by atoms with E-state index < -0.39 is 0 Å². The zero-order valence-corrected chi connectivity index (χ0v) is 18.3. The van der Waals surface area contributed by atoms with Gasteiger partial charge in [-0.15, -0.1) is 10.2 Å². The number of nitrogens with one attached hydrogen (secondary N) is 1. The van der Waals surface area contributed by atoms with Crippen LogP contribution in [-0.4, -0.2) is 29.2 Å². The molecule has 1 saturated heterocycles. The van der Waals surface area contributed by atoms with Gasteiger partial charge in [0.2, 0.25) is 5.91 Å². The molecule has 0 aliphatic carbocycles. The maximum atomic E-state index is 12.8. The summed E-state index contributed by atoms with van der Waals surface area (Å²) in [6.45, 7) is 1.40. The third-order valence-corrected chi connectivity index (χ3v) is 5.91. The van der Waals surface area contributed by atoms with Gasteiger partial charge < -0.3 is 10.2 Å². The minimum absolute atomic E-state index is 0.0744. The molecule has 1 aliphatic heterocycles. The summed E-state index contributed by atoms with van der Waals surface area (Å²) < 4.78 is 0. The number of nitrogens with zero attached hydrogens (tertiary/aromatic N) is 3. The van der Waals surface area contributed by atoms with Gasteiger partial charge in [-0.1, -0.05) is 46.9 Å². The average molecular weight is 462 g/mol. The highest BCUT2D eigenvalue weighted by atomic mass is 35.5. The van der Waals surface area contributed by atoms with Crippen LogP contribution in [0.15, 0.2) is 54.6 Å². The smallest absolute Gasteiger partial charge is 0.229 e. The first-order valence-corrected chi connectivity index (χ1v) is 10.7. The largest absolute Gasteiger partial charge is 0.354 e. The van der Waals surface area contributed by atoms with Crippen LogP contribution >= 0.6 is 34.8 Å². The van der Waals surface area contributed by atoms with Gasteiger partial charge in [-0.05, 0) is 55.3 Å². The predicted molar refractivity (Wildman–Crippen MR) is 123 cm³/mol. The Kier molecular flexibility index (Phi) is 6.42. The molecule has 3 aromatic rings. The van der Waals surface area contributed by atoms with Crippen molar-refractivity contribution in [3.05, 3.63) is 69.7 Å². The molecule has 0 bridgehead atoms. The van der Waals surface area contributed by atoms with Crippen LogP contribution in [0.5, 0.6) is 0 Å². The molecule has 1 amide bonds. The van der Waals surface area contributed by atoms with Crippen LogP contribution in [0.3, 0.4) is 0 Å². The summed E-state index contributed by atoms with van der Waals surface area (Å²) in [5, 5.41) is 13.3. The van der Waals surface area contributed by atoms with E-state index in [1.54, 1.807) is 18.2 Å². The van der Waals surface area contributed by atoms with Gasteiger partial charge in [0, 0.05) is 28.7 Å². The first-order valence-electron chi connectivity index (χ1n) is 9.60. The lowest BCUT2D eigenvalue weighted by atomic mass is 9.97. The fourth-order valence-corrected chi connectivity index (χ4v) is 3.96. The van der Waals surface area contributed by atoms with Crippen molar-refractivity contribution in [1.29, 1.82) is 0 Å². The normalized spacial score (nSPS) is 16.4. The van der Waals surface area contributed by atoms with Crippen LogP contribution in [0.4, 0.5) is 11.5 Å². The summed E-state index contributed by atoms with van der Waals surface area (Å²) in [5.74, 6) is 0.507. The summed E-state index contributed by atoms with van der Waals surface area (Å²) in [6.07, 6.45) is 1.69. The third-order valence-electron chi connectivity index (χ3n) is 5.09. The van der Waals surface area contributed by atoms with Crippen molar-refractivity contribution in [1.82, 2.24) is 10.2 Å². The van der Waals surface area contributed by atoms with E-state index in [4.69, 9.17) is 34.8 Å². The SMILES string of the molecule is O=C(Nc1cc(Cl)ccc1Cl)C1CCCN(c2ccc(-c3ccc(Cl)cc3)nn2)C1. The first-order chi connectivity index (χ1) is 14.5. The zero-order valence-electron chi connectivity index (χ0n) is 16.0. The number of rotatable bonds is 4. The van der Waals surface area contributed by atoms with E-state index in [0.717, 1.165) is 36.5 Å². The van der Waals surface area contributed by atoms with Gasteiger partial charge in [-0.2, -0.15) is 0 Å². The molecular weight excluding hydrogens is 443 g/mol. The van der Waals surface area contributed by atoms with Gasteiger partial charge in [0.15, 0.2) is 5.82 Å². The number of benzene rings is 2. The van der Waals surface area contributed by atoms with Gasteiger partial charge in [-0.25, -0.2) is 0 Å². The average Bonchev–Trinajstić information content (AvgIpc) is 2.77.